The van der Waals surface area contributed by atoms with Crippen LogP contribution in [0.1, 0.15) is 24.8 Å². The molecule has 6 nitrogen and oxygen atoms in total. The maximum atomic E-state index is 12.6. The first kappa shape index (κ1) is 18.1. The molecule has 144 valence electrons. The summed E-state index contributed by atoms with van der Waals surface area (Å²) >= 11 is 0. The number of benzene rings is 2. The van der Waals surface area contributed by atoms with Crippen molar-refractivity contribution in [3.05, 3.63) is 48.0 Å². The molecule has 1 N–H and O–H groups in total. The van der Waals surface area contributed by atoms with Crippen LogP contribution in [0, 0.1) is 0 Å². The van der Waals surface area contributed by atoms with Crippen LogP contribution in [-0.4, -0.2) is 39.7 Å². The van der Waals surface area contributed by atoms with Crippen molar-refractivity contribution in [1.82, 2.24) is 4.90 Å². The fourth-order valence-electron chi connectivity index (χ4n) is 3.51. The largest absolute Gasteiger partial charge is 0.454 e. The molecular formula is C20H24N2O4S. The zero-order chi connectivity index (χ0) is 18.7. The molecule has 1 fully saturated rings. The van der Waals surface area contributed by atoms with Gasteiger partial charge in [0.2, 0.25) is 6.79 Å². The minimum Gasteiger partial charge on any atom is -0.454 e. The van der Waals surface area contributed by atoms with Gasteiger partial charge in [0.05, 0.1) is 4.90 Å². The average molecular weight is 388 g/mol. The number of rotatable bonds is 7. The van der Waals surface area contributed by atoms with Gasteiger partial charge in [-0.3, -0.25) is 4.72 Å². The van der Waals surface area contributed by atoms with E-state index < -0.39 is 10.0 Å². The van der Waals surface area contributed by atoms with Gasteiger partial charge in [-0.15, -0.1) is 0 Å². The SMILES string of the molecule is O=S(=O)(Nc1ccc(CCCN2CCCC2)cc1)c1ccc2c(c1)OCO2. The number of anilines is 1. The Balaban J connectivity index is 1.35. The number of nitrogens with zero attached hydrogens (tertiary/aromatic N) is 1. The number of fused-ring (bicyclic) bond motifs is 1. The van der Waals surface area contributed by atoms with E-state index in [1.807, 2.05) is 24.3 Å². The van der Waals surface area contributed by atoms with E-state index >= 15 is 0 Å². The fourth-order valence-corrected chi connectivity index (χ4v) is 4.58. The van der Waals surface area contributed by atoms with Crippen molar-refractivity contribution in [3.8, 4) is 11.5 Å². The van der Waals surface area contributed by atoms with Crippen LogP contribution < -0.4 is 14.2 Å². The first-order chi connectivity index (χ1) is 13.1. The molecule has 2 aromatic carbocycles. The lowest BCUT2D eigenvalue weighted by Gasteiger charge is -2.14. The molecule has 7 heteroatoms. The molecule has 4 rings (SSSR count). The average Bonchev–Trinajstić information content (AvgIpc) is 3.33. The van der Waals surface area contributed by atoms with E-state index in [1.165, 1.54) is 43.6 Å². The summed E-state index contributed by atoms with van der Waals surface area (Å²) in [7, 11) is -3.67. The standard InChI is InChI=1S/C20H24N2O4S/c23-27(24,18-9-10-19-20(14-18)26-15-25-19)21-17-7-5-16(6-8-17)4-3-13-22-11-1-2-12-22/h5-10,14,21H,1-4,11-13,15H2. The molecule has 0 aromatic heterocycles. The number of hydrogen-bond donors (Lipinski definition) is 1. The summed E-state index contributed by atoms with van der Waals surface area (Å²) in [6.07, 6.45) is 4.77. The number of likely N-dealkylation sites (tertiary alicyclic amines) is 1. The quantitative estimate of drug-likeness (QED) is 0.789. The topological polar surface area (TPSA) is 67.9 Å². The number of hydrogen-bond acceptors (Lipinski definition) is 5. The van der Waals surface area contributed by atoms with Crippen molar-refractivity contribution in [2.75, 3.05) is 31.1 Å². The highest BCUT2D eigenvalue weighted by Crippen LogP contribution is 2.34. The fraction of sp³-hybridized carbons (Fsp3) is 0.400. The van der Waals surface area contributed by atoms with Crippen LogP contribution in [0.3, 0.4) is 0 Å². The Kier molecular flexibility index (Phi) is 5.22. The van der Waals surface area contributed by atoms with E-state index in [2.05, 4.69) is 9.62 Å². The molecule has 0 amide bonds. The maximum absolute atomic E-state index is 12.6. The summed E-state index contributed by atoms with van der Waals surface area (Å²) in [6.45, 7) is 3.70. The van der Waals surface area contributed by atoms with Gasteiger partial charge in [0.15, 0.2) is 11.5 Å². The van der Waals surface area contributed by atoms with E-state index in [9.17, 15) is 8.42 Å². The molecule has 0 atom stereocenters. The minimum absolute atomic E-state index is 0.117. The number of sulfonamides is 1. The van der Waals surface area contributed by atoms with Gasteiger partial charge in [-0.25, -0.2) is 8.42 Å². The van der Waals surface area contributed by atoms with Crippen LogP contribution in [0.2, 0.25) is 0 Å². The van der Waals surface area contributed by atoms with Crippen LogP contribution in [0.5, 0.6) is 11.5 Å². The van der Waals surface area contributed by atoms with Gasteiger partial charge in [-0.1, -0.05) is 12.1 Å². The first-order valence-corrected chi connectivity index (χ1v) is 10.8. The van der Waals surface area contributed by atoms with E-state index in [4.69, 9.17) is 9.47 Å². The van der Waals surface area contributed by atoms with Crippen molar-refractivity contribution < 1.29 is 17.9 Å². The third-order valence-corrected chi connectivity index (χ3v) is 6.38. The number of nitrogens with one attached hydrogen (secondary N) is 1. The Morgan fingerprint density at radius 3 is 2.48 bits per heavy atom. The normalized spacial score (nSPS) is 16.6. The predicted octanol–water partition coefficient (Wildman–Crippen LogP) is 3.24. The van der Waals surface area contributed by atoms with E-state index in [-0.39, 0.29) is 11.7 Å². The highest BCUT2D eigenvalue weighted by molar-refractivity contribution is 7.92. The summed E-state index contributed by atoms with van der Waals surface area (Å²) in [5.74, 6) is 1.01. The zero-order valence-corrected chi connectivity index (χ0v) is 16.0. The van der Waals surface area contributed by atoms with Gasteiger partial charge < -0.3 is 14.4 Å². The van der Waals surface area contributed by atoms with Crippen molar-refractivity contribution in [3.63, 3.8) is 0 Å². The van der Waals surface area contributed by atoms with Gasteiger partial charge in [-0.05, 0) is 75.1 Å². The van der Waals surface area contributed by atoms with Crippen molar-refractivity contribution in [2.24, 2.45) is 0 Å². The van der Waals surface area contributed by atoms with Crippen molar-refractivity contribution in [2.45, 2.75) is 30.6 Å². The second kappa shape index (κ2) is 7.78. The molecule has 0 bridgehead atoms. The summed E-state index contributed by atoms with van der Waals surface area (Å²) in [6, 6.07) is 12.2. The third kappa shape index (κ3) is 4.36. The van der Waals surface area contributed by atoms with Crippen LogP contribution in [-0.2, 0) is 16.4 Å². The monoisotopic (exact) mass is 388 g/mol. The van der Waals surface area contributed by atoms with Crippen molar-refractivity contribution in [1.29, 1.82) is 0 Å². The second-order valence-electron chi connectivity index (χ2n) is 6.97. The molecule has 2 heterocycles. The Hall–Kier alpha value is -2.25. The first-order valence-electron chi connectivity index (χ1n) is 9.34. The van der Waals surface area contributed by atoms with Gasteiger partial charge in [0, 0.05) is 11.8 Å². The summed E-state index contributed by atoms with van der Waals surface area (Å²) in [5, 5.41) is 0. The molecule has 0 spiro atoms. The lowest BCUT2D eigenvalue weighted by molar-refractivity contribution is 0.174. The van der Waals surface area contributed by atoms with Crippen LogP contribution in [0.25, 0.3) is 0 Å². The van der Waals surface area contributed by atoms with Gasteiger partial charge in [0.25, 0.3) is 10.0 Å². The minimum atomic E-state index is -3.67. The molecule has 1 saturated heterocycles. The van der Waals surface area contributed by atoms with E-state index in [0.29, 0.717) is 17.2 Å². The molecular weight excluding hydrogens is 364 g/mol. The second-order valence-corrected chi connectivity index (χ2v) is 8.65. The Morgan fingerprint density at radius 2 is 1.70 bits per heavy atom. The Bertz CT molecular complexity index is 891. The lowest BCUT2D eigenvalue weighted by atomic mass is 10.1. The Morgan fingerprint density at radius 1 is 0.963 bits per heavy atom. The van der Waals surface area contributed by atoms with Gasteiger partial charge in [0.1, 0.15) is 0 Å². The maximum Gasteiger partial charge on any atom is 0.262 e. The summed E-state index contributed by atoms with van der Waals surface area (Å²) in [4.78, 5) is 2.66. The highest BCUT2D eigenvalue weighted by atomic mass is 32.2. The third-order valence-electron chi connectivity index (χ3n) is 5.00. The van der Waals surface area contributed by atoms with E-state index in [0.717, 1.165) is 19.4 Å². The lowest BCUT2D eigenvalue weighted by Crippen LogP contribution is -2.20. The molecule has 0 radical (unpaired) electrons. The summed E-state index contributed by atoms with van der Waals surface area (Å²) in [5.41, 5.74) is 1.77. The van der Waals surface area contributed by atoms with Crippen LogP contribution in [0.15, 0.2) is 47.4 Å². The molecule has 0 unspecified atom stereocenters. The van der Waals surface area contributed by atoms with Gasteiger partial charge in [-0.2, -0.15) is 0 Å². The van der Waals surface area contributed by atoms with E-state index in [1.54, 1.807) is 6.07 Å². The summed E-state index contributed by atoms with van der Waals surface area (Å²) < 4.78 is 38.3. The number of ether oxygens (including phenoxy) is 2. The molecule has 2 aliphatic rings. The molecule has 0 aliphatic carbocycles. The van der Waals surface area contributed by atoms with Crippen molar-refractivity contribution >= 4 is 15.7 Å². The van der Waals surface area contributed by atoms with Crippen LogP contribution >= 0.6 is 0 Å². The number of aryl methyl sites for hydroxylation is 1. The molecule has 27 heavy (non-hydrogen) atoms. The Labute approximate surface area is 160 Å². The molecule has 2 aliphatic heterocycles. The van der Waals surface area contributed by atoms with Gasteiger partial charge >= 0.3 is 0 Å². The zero-order valence-electron chi connectivity index (χ0n) is 15.2. The predicted molar refractivity (Wildman–Crippen MR) is 104 cm³/mol. The smallest absolute Gasteiger partial charge is 0.262 e. The highest BCUT2D eigenvalue weighted by Gasteiger charge is 2.20. The van der Waals surface area contributed by atoms with Crippen LogP contribution in [0.4, 0.5) is 5.69 Å². The molecule has 2 aromatic rings. The molecule has 0 saturated carbocycles.